The molecule has 1 saturated carbocycles. The van der Waals surface area contributed by atoms with Gasteiger partial charge in [-0.25, -0.2) is 0 Å². The van der Waals surface area contributed by atoms with Crippen molar-refractivity contribution in [1.82, 2.24) is 0 Å². The molecule has 1 fully saturated rings. The molecule has 0 aliphatic heterocycles. The Morgan fingerprint density at radius 3 is 2.75 bits per heavy atom. The lowest BCUT2D eigenvalue weighted by atomic mass is 9.81. The lowest BCUT2D eigenvalue weighted by molar-refractivity contribution is 0.0644. The highest BCUT2D eigenvalue weighted by molar-refractivity contribution is 14.1. The highest BCUT2D eigenvalue weighted by atomic mass is 127. The smallest absolute Gasteiger partial charge is 0.0920 e. The zero-order chi connectivity index (χ0) is 8.55. The summed E-state index contributed by atoms with van der Waals surface area (Å²) in [6.07, 6.45) is 3.51. The maximum absolute atomic E-state index is 9.92. The van der Waals surface area contributed by atoms with Gasteiger partial charge in [-0.15, -0.1) is 11.3 Å². The lowest BCUT2D eigenvalue weighted by Gasteiger charge is -2.29. The zero-order valence-corrected chi connectivity index (χ0v) is 9.64. The average molecular weight is 294 g/mol. The summed E-state index contributed by atoms with van der Waals surface area (Å²) in [6, 6.07) is 2.07. The summed E-state index contributed by atoms with van der Waals surface area (Å²) < 4.78 is 1.22. The normalized spacial score (nSPS) is 20.5. The largest absolute Gasteiger partial charge is 0.387 e. The first-order chi connectivity index (χ1) is 5.79. The first-order valence-electron chi connectivity index (χ1n) is 4.20. The highest BCUT2D eigenvalue weighted by Crippen LogP contribution is 2.40. The Bertz CT molecular complexity index is 267. The van der Waals surface area contributed by atoms with Crippen molar-refractivity contribution in [2.24, 2.45) is 5.92 Å². The molecule has 0 saturated heterocycles. The molecule has 66 valence electrons. The number of thiophene rings is 1. The van der Waals surface area contributed by atoms with Crippen molar-refractivity contribution in [2.75, 3.05) is 0 Å². The fourth-order valence-electron chi connectivity index (χ4n) is 1.49. The fourth-order valence-corrected chi connectivity index (χ4v) is 3.47. The molecule has 12 heavy (non-hydrogen) atoms. The lowest BCUT2D eigenvalue weighted by Crippen LogP contribution is -2.19. The Morgan fingerprint density at radius 2 is 2.33 bits per heavy atom. The van der Waals surface area contributed by atoms with E-state index in [1.165, 1.54) is 27.7 Å². The Kier molecular flexibility index (Phi) is 2.72. The topological polar surface area (TPSA) is 20.2 Å². The maximum atomic E-state index is 9.92. The van der Waals surface area contributed by atoms with Crippen LogP contribution in [0.15, 0.2) is 11.4 Å². The van der Waals surface area contributed by atoms with Gasteiger partial charge in [-0.2, -0.15) is 0 Å². The molecule has 0 radical (unpaired) electrons. The Morgan fingerprint density at radius 1 is 1.58 bits per heavy atom. The molecule has 0 aromatic carbocycles. The molecule has 1 aromatic heterocycles. The van der Waals surface area contributed by atoms with E-state index in [9.17, 15) is 5.11 Å². The van der Waals surface area contributed by atoms with Gasteiger partial charge in [0, 0.05) is 8.45 Å². The van der Waals surface area contributed by atoms with Gasteiger partial charge in [0.25, 0.3) is 0 Å². The molecule has 3 heteroatoms. The van der Waals surface area contributed by atoms with Gasteiger partial charge in [-0.3, -0.25) is 0 Å². The molecule has 0 spiro atoms. The third-order valence-corrected chi connectivity index (χ3v) is 4.80. The van der Waals surface area contributed by atoms with Crippen molar-refractivity contribution >= 4 is 33.9 Å². The molecule has 0 amide bonds. The second kappa shape index (κ2) is 3.64. The summed E-state index contributed by atoms with van der Waals surface area (Å²) in [5, 5.41) is 12.0. The Labute approximate surface area is 89.9 Å². The van der Waals surface area contributed by atoms with Gasteiger partial charge in [-0.05, 0) is 52.8 Å². The van der Waals surface area contributed by atoms with E-state index < -0.39 is 0 Å². The van der Waals surface area contributed by atoms with Gasteiger partial charge >= 0.3 is 0 Å². The van der Waals surface area contributed by atoms with Crippen LogP contribution in [0.5, 0.6) is 0 Å². The van der Waals surface area contributed by atoms with E-state index in [0.717, 1.165) is 0 Å². The van der Waals surface area contributed by atoms with Crippen molar-refractivity contribution in [2.45, 2.75) is 25.4 Å². The summed E-state index contributed by atoms with van der Waals surface area (Å²) in [4.78, 5) is 1.17. The van der Waals surface area contributed by atoms with E-state index in [-0.39, 0.29) is 6.10 Å². The molecule has 1 aromatic rings. The molecule has 1 nitrogen and oxygen atoms in total. The molecule has 1 aliphatic carbocycles. The number of hydrogen-bond acceptors (Lipinski definition) is 2. The summed E-state index contributed by atoms with van der Waals surface area (Å²) in [7, 11) is 0. The van der Waals surface area contributed by atoms with Crippen LogP contribution in [0.2, 0.25) is 0 Å². The van der Waals surface area contributed by atoms with E-state index in [0.29, 0.717) is 5.92 Å². The fraction of sp³-hybridized carbons (Fsp3) is 0.556. The quantitative estimate of drug-likeness (QED) is 0.831. The monoisotopic (exact) mass is 294 g/mol. The van der Waals surface area contributed by atoms with Gasteiger partial charge in [0.2, 0.25) is 0 Å². The van der Waals surface area contributed by atoms with Crippen LogP contribution in [0.3, 0.4) is 0 Å². The SMILES string of the molecule is OC(c1sccc1I)C1CCC1. The number of halogens is 1. The van der Waals surface area contributed by atoms with Crippen LogP contribution >= 0.6 is 33.9 Å². The number of rotatable bonds is 2. The average Bonchev–Trinajstić information content (AvgIpc) is 2.31. The Hall–Kier alpha value is 0.390. The van der Waals surface area contributed by atoms with Gasteiger partial charge in [0.1, 0.15) is 0 Å². The van der Waals surface area contributed by atoms with Gasteiger partial charge < -0.3 is 5.11 Å². The molecule has 0 bridgehead atoms. The maximum Gasteiger partial charge on any atom is 0.0920 e. The van der Waals surface area contributed by atoms with Gasteiger partial charge in [-0.1, -0.05) is 6.42 Å². The minimum absolute atomic E-state index is 0.189. The predicted molar refractivity (Wildman–Crippen MR) is 59.3 cm³/mol. The van der Waals surface area contributed by atoms with Crippen LogP contribution in [0.4, 0.5) is 0 Å². The number of aliphatic hydroxyl groups excluding tert-OH is 1. The molecular formula is C9H11IOS. The minimum atomic E-state index is -0.189. The summed E-state index contributed by atoms with van der Waals surface area (Å²) in [5.41, 5.74) is 0. The second-order valence-corrected chi connectivity index (χ2v) is 5.38. The van der Waals surface area contributed by atoms with Crippen molar-refractivity contribution in [3.8, 4) is 0 Å². The van der Waals surface area contributed by atoms with Crippen molar-refractivity contribution in [1.29, 1.82) is 0 Å². The molecule has 1 aliphatic rings. The highest BCUT2D eigenvalue weighted by Gasteiger charge is 2.28. The van der Waals surface area contributed by atoms with Crippen LogP contribution in [-0.4, -0.2) is 5.11 Å². The number of aliphatic hydroxyl groups is 1. The standard InChI is InChI=1S/C9H11IOS/c10-7-4-5-12-9(7)8(11)6-2-1-3-6/h4-6,8,11H,1-3H2. The van der Waals surface area contributed by atoms with Crippen LogP contribution in [0.25, 0.3) is 0 Å². The van der Waals surface area contributed by atoms with Crippen LogP contribution in [0.1, 0.15) is 30.2 Å². The van der Waals surface area contributed by atoms with E-state index in [4.69, 9.17) is 0 Å². The van der Waals surface area contributed by atoms with E-state index in [1.807, 2.05) is 0 Å². The minimum Gasteiger partial charge on any atom is -0.387 e. The predicted octanol–water partition coefficient (Wildman–Crippen LogP) is 3.19. The third kappa shape index (κ3) is 1.54. The van der Waals surface area contributed by atoms with Gasteiger partial charge in [0.05, 0.1) is 6.10 Å². The zero-order valence-electron chi connectivity index (χ0n) is 6.66. The molecular weight excluding hydrogens is 283 g/mol. The van der Waals surface area contributed by atoms with Crippen LogP contribution in [0, 0.1) is 9.49 Å². The van der Waals surface area contributed by atoms with Crippen LogP contribution < -0.4 is 0 Å². The van der Waals surface area contributed by atoms with E-state index in [2.05, 4.69) is 34.0 Å². The Balaban J connectivity index is 2.13. The summed E-state index contributed by atoms with van der Waals surface area (Å²) >= 11 is 3.97. The molecule has 2 rings (SSSR count). The second-order valence-electron chi connectivity index (χ2n) is 3.27. The van der Waals surface area contributed by atoms with Crippen molar-refractivity contribution in [3.05, 3.63) is 19.9 Å². The van der Waals surface area contributed by atoms with E-state index >= 15 is 0 Å². The molecule has 1 heterocycles. The molecule has 1 atom stereocenters. The van der Waals surface area contributed by atoms with Gasteiger partial charge in [0.15, 0.2) is 0 Å². The van der Waals surface area contributed by atoms with Crippen LogP contribution in [-0.2, 0) is 0 Å². The number of hydrogen-bond donors (Lipinski definition) is 1. The van der Waals surface area contributed by atoms with E-state index in [1.54, 1.807) is 11.3 Å². The first kappa shape index (κ1) is 8.97. The summed E-state index contributed by atoms with van der Waals surface area (Å²) in [5.74, 6) is 0.539. The molecule has 1 N–H and O–H groups in total. The first-order valence-corrected chi connectivity index (χ1v) is 6.16. The van der Waals surface area contributed by atoms with Crippen molar-refractivity contribution in [3.63, 3.8) is 0 Å². The third-order valence-electron chi connectivity index (χ3n) is 2.51. The van der Waals surface area contributed by atoms with Crippen molar-refractivity contribution < 1.29 is 5.11 Å². The summed E-state index contributed by atoms with van der Waals surface area (Å²) in [6.45, 7) is 0. The molecule has 1 unspecified atom stereocenters.